The van der Waals surface area contributed by atoms with Crippen LogP contribution in [0.2, 0.25) is 0 Å². The van der Waals surface area contributed by atoms with Gasteiger partial charge in [0.2, 0.25) is 0 Å². The van der Waals surface area contributed by atoms with Crippen molar-refractivity contribution in [1.82, 2.24) is 9.80 Å². The summed E-state index contributed by atoms with van der Waals surface area (Å²) in [5, 5.41) is 0. The molecule has 4 nitrogen and oxygen atoms in total. The molecule has 1 spiro atoms. The highest BCUT2D eigenvalue weighted by atomic mass is 19.2. The molecular weight excluding hydrogens is 384 g/mol. The van der Waals surface area contributed by atoms with Crippen molar-refractivity contribution in [2.75, 3.05) is 32.7 Å². The molecule has 5 heterocycles. The van der Waals surface area contributed by atoms with Crippen LogP contribution in [0.4, 0.5) is 8.78 Å². The molecule has 0 aromatic heterocycles. The van der Waals surface area contributed by atoms with E-state index in [0.29, 0.717) is 30.6 Å². The van der Waals surface area contributed by atoms with Gasteiger partial charge in [-0.3, -0.25) is 4.90 Å². The maximum absolute atomic E-state index is 14.9. The number of benzene rings is 2. The lowest BCUT2D eigenvalue weighted by atomic mass is 9.75. The average molecular weight is 409 g/mol. The molecule has 2 bridgehead atoms. The molecule has 0 aliphatic carbocycles. The summed E-state index contributed by atoms with van der Waals surface area (Å²) in [7, 11) is 0. The third-order valence-corrected chi connectivity index (χ3v) is 7.40. The minimum absolute atomic E-state index is 0.256. The quantitative estimate of drug-likeness (QED) is 0.718. The van der Waals surface area contributed by atoms with E-state index in [-0.39, 0.29) is 5.60 Å². The van der Waals surface area contributed by atoms with Crippen LogP contribution < -0.4 is 0 Å². The Morgan fingerprint density at radius 2 is 1.77 bits per heavy atom. The normalized spacial score (nSPS) is 32.1. The zero-order valence-corrected chi connectivity index (χ0v) is 16.9. The Hall–Kier alpha value is -2.47. The van der Waals surface area contributed by atoms with Crippen LogP contribution in [-0.2, 0) is 11.2 Å². The summed E-state index contributed by atoms with van der Waals surface area (Å²) >= 11 is 0. The predicted octanol–water partition coefficient (Wildman–Crippen LogP) is 3.76. The Balaban J connectivity index is 1.39. The van der Waals surface area contributed by atoms with Crippen LogP contribution in [0.5, 0.6) is 0 Å². The Bertz CT molecular complexity index is 1020. The van der Waals surface area contributed by atoms with Crippen LogP contribution in [0, 0.1) is 17.6 Å². The monoisotopic (exact) mass is 409 g/mol. The smallest absolute Gasteiger partial charge is 0.288 e. The highest BCUT2D eigenvalue weighted by Crippen LogP contribution is 2.44. The second-order valence-electron chi connectivity index (χ2n) is 9.00. The van der Waals surface area contributed by atoms with Crippen molar-refractivity contribution in [3.8, 4) is 0 Å². The standard InChI is InChI=1S/C24H25F2N3O/c25-20-7-3-6-19(21(20)26)22-18-5-2-1-4-16(18)8-13-29(22)23-27-14-24(30-23)15-28-11-9-17(24)10-12-28/h1-7,17,22H,8-15H2/t22-,24-/m0/s1. The fraction of sp³-hybridized carbons (Fsp3) is 0.458. The first-order valence-electron chi connectivity index (χ1n) is 10.9. The van der Waals surface area contributed by atoms with Crippen LogP contribution in [0.1, 0.15) is 35.6 Å². The van der Waals surface area contributed by atoms with E-state index in [1.54, 1.807) is 12.1 Å². The van der Waals surface area contributed by atoms with Crippen LogP contribution in [0.15, 0.2) is 47.5 Å². The van der Waals surface area contributed by atoms with Crippen molar-refractivity contribution in [2.45, 2.75) is 30.9 Å². The van der Waals surface area contributed by atoms with Crippen molar-refractivity contribution in [1.29, 1.82) is 0 Å². The summed E-state index contributed by atoms with van der Waals surface area (Å²) in [5.41, 5.74) is 2.24. The number of amidine groups is 1. The molecule has 0 unspecified atom stereocenters. The molecule has 0 N–H and O–H groups in total. The second-order valence-corrected chi connectivity index (χ2v) is 9.00. The van der Waals surface area contributed by atoms with Gasteiger partial charge in [0.05, 0.1) is 12.6 Å². The highest BCUT2D eigenvalue weighted by Gasteiger charge is 2.53. The Morgan fingerprint density at radius 3 is 2.57 bits per heavy atom. The van der Waals surface area contributed by atoms with E-state index in [1.165, 1.54) is 11.6 Å². The van der Waals surface area contributed by atoms with Crippen molar-refractivity contribution in [3.05, 3.63) is 70.8 Å². The van der Waals surface area contributed by atoms with Gasteiger partial charge in [-0.2, -0.15) is 0 Å². The van der Waals surface area contributed by atoms with Crippen LogP contribution in [0.25, 0.3) is 0 Å². The van der Waals surface area contributed by atoms with E-state index in [9.17, 15) is 8.78 Å². The average Bonchev–Trinajstić information content (AvgIpc) is 3.19. The Kier molecular flexibility index (Phi) is 4.13. The number of aliphatic imine (C=N–C) groups is 1. The van der Waals surface area contributed by atoms with Crippen LogP contribution in [-0.4, -0.2) is 54.1 Å². The van der Waals surface area contributed by atoms with Gasteiger partial charge >= 0.3 is 0 Å². The van der Waals surface area contributed by atoms with Crippen molar-refractivity contribution in [3.63, 3.8) is 0 Å². The van der Waals surface area contributed by atoms with Gasteiger partial charge < -0.3 is 9.64 Å². The molecule has 3 fully saturated rings. The minimum Gasteiger partial charge on any atom is -0.455 e. The topological polar surface area (TPSA) is 28.1 Å². The lowest BCUT2D eigenvalue weighted by Crippen LogP contribution is -2.61. The zero-order valence-electron chi connectivity index (χ0n) is 16.9. The molecule has 2 aromatic rings. The third-order valence-electron chi connectivity index (χ3n) is 7.40. The number of hydrogen-bond donors (Lipinski definition) is 0. The second kappa shape index (κ2) is 6.77. The van der Waals surface area contributed by atoms with Gasteiger partial charge in [-0.25, -0.2) is 13.8 Å². The van der Waals surface area contributed by atoms with E-state index in [1.807, 2.05) is 23.1 Å². The molecule has 3 saturated heterocycles. The van der Waals surface area contributed by atoms with E-state index in [0.717, 1.165) is 44.5 Å². The van der Waals surface area contributed by atoms with Crippen LogP contribution >= 0.6 is 0 Å². The Morgan fingerprint density at radius 1 is 0.967 bits per heavy atom. The zero-order chi connectivity index (χ0) is 20.3. The number of rotatable bonds is 1. The van der Waals surface area contributed by atoms with Crippen LogP contribution in [0.3, 0.4) is 0 Å². The summed E-state index contributed by atoms with van der Waals surface area (Å²) < 4.78 is 35.7. The van der Waals surface area contributed by atoms with E-state index >= 15 is 0 Å². The van der Waals surface area contributed by atoms with Gasteiger partial charge in [0.1, 0.15) is 5.60 Å². The number of hydrogen-bond acceptors (Lipinski definition) is 4. The molecule has 0 radical (unpaired) electrons. The summed E-state index contributed by atoms with van der Waals surface area (Å²) in [6, 6.07) is 12.6. The maximum Gasteiger partial charge on any atom is 0.288 e. The van der Waals surface area contributed by atoms with E-state index < -0.39 is 17.7 Å². The van der Waals surface area contributed by atoms with Gasteiger partial charge in [0, 0.05) is 24.6 Å². The number of ether oxygens (including phenoxy) is 1. The molecular formula is C24H25F2N3O. The third kappa shape index (κ3) is 2.69. The van der Waals surface area contributed by atoms with Gasteiger partial charge in [-0.05, 0) is 49.5 Å². The van der Waals surface area contributed by atoms with Crippen molar-refractivity contribution in [2.24, 2.45) is 10.9 Å². The first-order chi connectivity index (χ1) is 14.6. The molecule has 6 heteroatoms. The first kappa shape index (κ1) is 18.3. The molecule has 7 rings (SSSR count). The summed E-state index contributed by atoms with van der Waals surface area (Å²) in [6.07, 6.45) is 3.12. The highest BCUT2D eigenvalue weighted by molar-refractivity contribution is 5.78. The van der Waals surface area contributed by atoms with Crippen molar-refractivity contribution < 1.29 is 13.5 Å². The lowest BCUT2D eigenvalue weighted by molar-refractivity contribution is -0.0896. The summed E-state index contributed by atoms with van der Waals surface area (Å²) in [5.74, 6) is -1.09. The first-order valence-corrected chi connectivity index (χ1v) is 10.9. The summed E-state index contributed by atoms with van der Waals surface area (Å²) in [4.78, 5) is 9.35. The molecule has 5 aliphatic heterocycles. The largest absolute Gasteiger partial charge is 0.455 e. The van der Waals surface area contributed by atoms with Crippen molar-refractivity contribution >= 4 is 6.02 Å². The van der Waals surface area contributed by atoms with Gasteiger partial charge in [0.25, 0.3) is 6.02 Å². The molecule has 156 valence electrons. The number of halogens is 2. The molecule has 0 amide bonds. The molecule has 2 aromatic carbocycles. The molecule has 5 aliphatic rings. The van der Waals surface area contributed by atoms with E-state index in [2.05, 4.69) is 11.0 Å². The molecule has 2 atom stereocenters. The van der Waals surface area contributed by atoms with Gasteiger partial charge in [-0.1, -0.05) is 36.4 Å². The SMILES string of the molecule is Fc1cccc([C@@H]2c3ccccc3CCN2C2=NC[C@@]3(CN4CCC3CC4)O2)c1F. The van der Waals surface area contributed by atoms with Gasteiger partial charge in [0.15, 0.2) is 11.6 Å². The molecule has 0 saturated carbocycles. The fourth-order valence-electron chi connectivity index (χ4n) is 5.86. The lowest BCUT2D eigenvalue weighted by Gasteiger charge is -2.50. The minimum atomic E-state index is -0.821. The Labute approximate surface area is 175 Å². The number of piperidine rings is 3. The summed E-state index contributed by atoms with van der Waals surface area (Å²) in [6.45, 7) is 4.51. The number of fused-ring (bicyclic) bond motifs is 3. The van der Waals surface area contributed by atoms with E-state index in [4.69, 9.17) is 9.73 Å². The molecule has 30 heavy (non-hydrogen) atoms. The maximum atomic E-state index is 14.9. The predicted molar refractivity (Wildman–Crippen MR) is 110 cm³/mol. The number of nitrogens with zero attached hydrogens (tertiary/aromatic N) is 3. The van der Waals surface area contributed by atoms with Gasteiger partial charge in [-0.15, -0.1) is 0 Å². The fourth-order valence-corrected chi connectivity index (χ4v) is 5.86.